The van der Waals surface area contributed by atoms with Crippen LogP contribution in [0.25, 0.3) is 100 Å². The van der Waals surface area contributed by atoms with Crippen molar-refractivity contribution in [2.45, 2.75) is 0 Å². The van der Waals surface area contributed by atoms with E-state index < -0.39 is 0 Å². The van der Waals surface area contributed by atoms with Crippen LogP contribution in [-0.2, 0) is 0 Å². The molecular formula is C52H22B10N6. The molecule has 11 aromatic rings. The molecule has 68 heavy (non-hydrogen) atoms. The highest BCUT2D eigenvalue weighted by atomic mass is 15.0. The van der Waals surface area contributed by atoms with Crippen molar-refractivity contribution in [3.63, 3.8) is 0 Å². The lowest BCUT2D eigenvalue weighted by Crippen LogP contribution is -2.55. The van der Waals surface area contributed by atoms with Gasteiger partial charge in [0.2, 0.25) is 0 Å². The van der Waals surface area contributed by atoms with Gasteiger partial charge >= 0.3 is 0 Å². The first-order valence-corrected chi connectivity index (χ1v) is 21.3. The van der Waals surface area contributed by atoms with E-state index in [9.17, 15) is 5.26 Å². The molecule has 11 rings (SSSR count). The van der Waals surface area contributed by atoms with Crippen molar-refractivity contribution >= 4 is 177 Å². The molecule has 6 nitrogen and oxygen atoms in total. The van der Waals surface area contributed by atoms with Crippen LogP contribution >= 0.6 is 0 Å². The summed E-state index contributed by atoms with van der Waals surface area (Å²) in [4.78, 5) is 14.3. The molecule has 0 amide bonds. The van der Waals surface area contributed by atoms with E-state index in [1.807, 2.05) is 30.3 Å². The van der Waals surface area contributed by atoms with Gasteiger partial charge in [-0.15, -0.1) is 32.8 Å². The Morgan fingerprint density at radius 1 is 0.353 bits per heavy atom. The van der Waals surface area contributed by atoms with Crippen molar-refractivity contribution < 1.29 is 0 Å². The Morgan fingerprint density at radius 3 is 1.25 bits per heavy atom. The third kappa shape index (κ3) is 6.58. The number of para-hydroxylation sites is 3. The van der Waals surface area contributed by atoms with Gasteiger partial charge in [0.15, 0.2) is 17.5 Å². The maximum Gasteiger partial charge on any atom is 0.164 e. The number of aromatic nitrogens is 5. The molecule has 0 aliphatic rings. The van der Waals surface area contributed by atoms with Crippen molar-refractivity contribution in [3.8, 4) is 62.7 Å². The lowest BCUT2D eigenvalue weighted by Gasteiger charge is -2.23. The van der Waals surface area contributed by atoms with Gasteiger partial charge in [-0.25, -0.2) is 15.0 Å². The summed E-state index contributed by atoms with van der Waals surface area (Å²) in [5.74, 6) is -0.00887. The highest BCUT2D eigenvalue weighted by molar-refractivity contribution is 6.70. The summed E-state index contributed by atoms with van der Waals surface area (Å²) in [7, 11) is 63.5. The Bertz CT molecular complexity index is 3860. The van der Waals surface area contributed by atoms with Crippen LogP contribution in [0, 0.1) is 11.3 Å². The van der Waals surface area contributed by atoms with Crippen LogP contribution in [0.2, 0.25) is 0 Å². The molecule has 0 saturated heterocycles. The molecule has 290 valence electrons. The lowest BCUT2D eigenvalue weighted by molar-refractivity contribution is 1.08. The first-order chi connectivity index (χ1) is 32.9. The second-order valence-electron chi connectivity index (χ2n) is 16.5. The quantitative estimate of drug-likeness (QED) is 0.230. The minimum absolute atomic E-state index is 0.00586. The van der Waals surface area contributed by atoms with Crippen LogP contribution in [0.4, 0.5) is 0 Å². The van der Waals surface area contributed by atoms with Gasteiger partial charge in [-0.3, -0.25) is 0 Å². The van der Waals surface area contributed by atoms with E-state index >= 15 is 0 Å². The molecule has 16 heteroatoms. The molecule has 0 aliphatic heterocycles. The van der Waals surface area contributed by atoms with E-state index in [0.29, 0.717) is 16.8 Å². The number of rotatable bonds is 6. The Kier molecular flexibility index (Phi) is 10.4. The molecule has 20 radical (unpaired) electrons. The first kappa shape index (κ1) is 43.1. The monoisotopic (exact) mass is 840 g/mol. The first-order valence-electron chi connectivity index (χ1n) is 21.3. The smallest absolute Gasteiger partial charge is 0.164 e. The van der Waals surface area contributed by atoms with Crippen molar-refractivity contribution in [1.29, 1.82) is 5.26 Å². The minimum Gasteiger partial charge on any atom is -0.309 e. The summed E-state index contributed by atoms with van der Waals surface area (Å²) < 4.78 is 4.39. The maximum absolute atomic E-state index is 10.9. The molecule has 0 unspecified atom stereocenters. The largest absolute Gasteiger partial charge is 0.309 e. The zero-order chi connectivity index (χ0) is 47.3. The van der Waals surface area contributed by atoms with Gasteiger partial charge in [0, 0.05) is 43.9 Å². The second-order valence-corrected chi connectivity index (χ2v) is 16.5. The number of hydrogen-bond acceptors (Lipinski definition) is 4. The fourth-order valence-corrected chi connectivity index (χ4v) is 9.29. The van der Waals surface area contributed by atoms with E-state index in [4.69, 9.17) is 93.4 Å². The van der Waals surface area contributed by atoms with Crippen LogP contribution in [0.5, 0.6) is 0 Å². The van der Waals surface area contributed by atoms with Gasteiger partial charge < -0.3 is 9.13 Å². The summed E-state index contributed by atoms with van der Waals surface area (Å²) >= 11 is 0. The molecule has 3 aromatic heterocycles. The van der Waals surface area contributed by atoms with Crippen LogP contribution in [0.15, 0.2) is 133 Å². The van der Waals surface area contributed by atoms with Gasteiger partial charge in [-0.2, -0.15) is 5.26 Å². The van der Waals surface area contributed by atoms with E-state index in [0.717, 1.165) is 55.0 Å². The predicted octanol–water partition coefficient (Wildman–Crippen LogP) is 0.543. The molecular weight excluding hydrogens is 817 g/mol. The molecule has 0 saturated carbocycles. The molecule has 0 atom stereocenters. The SMILES string of the molecule is [B]c1c([B])c([B])c(-c2nc(-c3ccc(-n4c5ccccc5c5cc(-c6ccc7c(c6)c6ccccc6n7-c6ccccc6)ccc54)c(C#N)c3)nc(-c3c([B])c([B])c([B])c([B])c3[B])n2)c([B])c1[B]. The Morgan fingerprint density at radius 2 is 0.750 bits per heavy atom. The zero-order valence-electron chi connectivity index (χ0n) is 36.2. The Labute approximate surface area is 405 Å². The highest BCUT2D eigenvalue weighted by Gasteiger charge is 2.23. The molecule has 0 aliphatic carbocycles. The normalized spacial score (nSPS) is 11.5. The minimum atomic E-state index is -0.0481. The molecule has 8 aromatic carbocycles. The average Bonchev–Trinajstić information content (AvgIpc) is 3.88. The van der Waals surface area contributed by atoms with Crippen molar-refractivity contribution in [1.82, 2.24) is 24.1 Å². The standard InChI is InChI=1S/C52H22B10N6/c53-40-38(41(54)45(58)48(61)44(40)57)51-64-50(65-52(66-51)39-42(55)46(59)49(62)47(60)43(39)56)26-16-17-33(27(20-26)23-63)68-35-13-7-5-11-30(35)32-22-25(15-19-37(32)68)24-14-18-36-31(21-24)29-10-4-6-12-34(29)67(36)28-8-2-1-3-9-28/h1-22H. The summed E-state index contributed by atoms with van der Waals surface area (Å²) in [6.07, 6.45) is 0. The summed E-state index contributed by atoms with van der Waals surface area (Å²) in [6.45, 7) is 0. The topological polar surface area (TPSA) is 72.3 Å². The highest BCUT2D eigenvalue weighted by Crippen LogP contribution is 2.39. The maximum atomic E-state index is 10.9. The second kappa shape index (κ2) is 16.4. The molecule has 0 bridgehead atoms. The Hall–Kier alpha value is -7.49. The van der Waals surface area contributed by atoms with Crippen molar-refractivity contribution in [2.24, 2.45) is 0 Å². The van der Waals surface area contributed by atoms with Gasteiger partial charge in [0.1, 0.15) is 84.5 Å². The fourth-order valence-electron chi connectivity index (χ4n) is 9.29. The lowest BCUT2D eigenvalue weighted by atomic mass is 9.60. The molecule has 0 spiro atoms. The zero-order valence-corrected chi connectivity index (χ0v) is 36.2. The third-order valence-corrected chi connectivity index (χ3v) is 12.8. The van der Waals surface area contributed by atoms with Gasteiger partial charge in [0.05, 0.1) is 33.3 Å². The predicted molar refractivity (Wildman–Crippen MR) is 289 cm³/mol. The number of fused-ring (bicyclic) bond motifs is 6. The summed E-state index contributed by atoms with van der Waals surface area (Å²) in [5.41, 5.74) is 8.71. The number of hydrogen-bond donors (Lipinski definition) is 0. The van der Waals surface area contributed by atoms with Crippen LogP contribution in [0.3, 0.4) is 0 Å². The number of nitriles is 1. The summed E-state index contributed by atoms with van der Waals surface area (Å²) in [5, 5.41) is 15.2. The van der Waals surface area contributed by atoms with E-state index in [-0.39, 0.29) is 83.2 Å². The average molecular weight is 839 g/mol. The van der Waals surface area contributed by atoms with Crippen LogP contribution < -0.4 is 54.6 Å². The van der Waals surface area contributed by atoms with Crippen LogP contribution in [-0.4, -0.2) is 103 Å². The number of nitrogens with zero attached hydrogens (tertiary/aromatic N) is 6. The molecule has 3 heterocycles. The summed E-state index contributed by atoms with van der Waals surface area (Å²) in [6, 6.07) is 47.8. The fraction of sp³-hybridized carbons (Fsp3) is 0. The Balaban J connectivity index is 1.07. The van der Waals surface area contributed by atoms with Crippen molar-refractivity contribution in [3.05, 3.63) is 139 Å². The van der Waals surface area contributed by atoms with Gasteiger partial charge in [-0.05, 0) is 77.9 Å². The van der Waals surface area contributed by atoms with Gasteiger partial charge in [0.25, 0.3) is 0 Å². The van der Waals surface area contributed by atoms with Crippen LogP contribution in [0.1, 0.15) is 5.56 Å². The van der Waals surface area contributed by atoms with E-state index in [2.05, 4.69) is 106 Å². The molecule has 0 fully saturated rings. The number of benzene rings is 8. The molecule has 0 N–H and O–H groups in total. The van der Waals surface area contributed by atoms with E-state index in [1.165, 1.54) is 5.39 Å². The third-order valence-electron chi connectivity index (χ3n) is 12.8. The van der Waals surface area contributed by atoms with Gasteiger partial charge in [-0.1, -0.05) is 88.6 Å². The van der Waals surface area contributed by atoms with E-state index in [1.54, 1.807) is 12.1 Å². The van der Waals surface area contributed by atoms with Crippen molar-refractivity contribution in [2.75, 3.05) is 0 Å².